The van der Waals surface area contributed by atoms with Crippen LogP contribution in [0.5, 0.6) is 0 Å². The van der Waals surface area contributed by atoms with E-state index in [-0.39, 0.29) is 43.2 Å². The highest BCUT2D eigenvalue weighted by atomic mass is 16.5. The summed E-state index contributed by atoms with van der Waals surface area (Å²) in [5.74, 6) is -1.76. The average Bonchev–Trinajstić information content (AvgIpc) is 3.20. The number of amides is 2. The number of carbonyl (C=O) groups excluding carboxylic acids is 2. The quantitative estimate of drug-likeness (QED) is 0.437. The van der Waals surface area contributed by atoms with E-state index in [9.17, 15) is 19.5 Å². The van der Waals surface area contributed by atoms with Crippen molar-refractivity contribution in [2.45, 2.75) is 44.1 Å². The molecule has 0 spiro atoms. The van der Waals surface area contributed by atoms with Crippen LogP contribution in [-0.4, -0.2) is 54.0 Å². The first-order valence-electron chi connectivity index (χ1n) is 12.2. The maximum atomic E-state index is 12.7. The Labute approximate surface area is 204 Å². The van der Waals surface area contributed by atoms with E-state index in [1.54, 1.807) is 0 Å². The molecular weight excluding hydrogens is 448 g/mol. The summed E-state index contributed by atoms with van der Waals surface area (Å²) in [6.45, 7) is 0.669. The van der Waals surface area contributed by atoms with Gasteiger partial charge in [0, 0.05) is 31.3 Å². The van der Waals surface area contributed by atoms with Crippen molar-refractivity contribution < 1.29 is 29.3 Å². The van der Waals surface area contributed by atoms with Crippen LogP contribution >= 0.6 is 0 Å². The molecule has 2 aromatic rings. The largest absolute Gasteiger partial charge is 0.479 e. The molecule has 1 unspecified atom stereocenters. The predicted octanol–water partition coefficient (Wildman–Crippen LogP) is 3.28. The summed E-state index contributed by atoms with van der Waals surface area (Å²) in [6, 6.07) is 16.3. The summed E-state index contributed by atoms with van der Waals surface area (Å²) in [7, 11) is 0. The van der Waals surface area contributed by atoms with Crippen molar-refractivity contribution in [3.05, 3.63) is 59.7 Å². The van der Waals surface area contributed by atoms with E-state index < -0.39 is 18.2 Å². The number of fused-ring (bicyclic) bond motifs is 3. The summed E-state index contributed by atoms with van der Waals surface area (Å²) in [4.78, 5) is 35.9. The Hall–Kier alpha value is -3.39. The topological polar surface area (TPSA) is 125 Å². The molecular formula is C27H32N2O6. The predicted molar refractivity (Wildman–Crippen MR) is 130 cm³/mol. The van der Waals surface area contributed by atoms with Crippen LogP contribution in [-0.2, 0) is 14.3 Å². The highest BCUT2D eigenvalue weighted by Gasteiger charge is 2.32. The van der Waals surface area contributed by atoms with Crippen molar-refractivity contribution >= 4 is 18.0 Å². The average molecular weight is 481 g/mol. The minimum atomic E-state index is -1.49. The maximum absolute atomic E-state index is 12.7. The van der Waals surface area contributed by atoms with Crippen LogP contribution in [0.2, 0.25) is 0 Å². The molecule has 2 aliphatic carbocycles. The molecule has 4 N–H and O–H groups in total. The lowest BCUT2D eigenvalue weighted by Gasteiger charge is -2.30. The normalized spacial score (nSPS) is 19.8. The van der Waals surface area contributed by atoms with Gasteiger partial charge in [0.1, 0.15) is 6.61 Å². The monoisotopic (exact) mass is 480 g/mol. The Balaban J connectivity index is 1.28. The van der Waals surface area contributed by atoms with Crippen molar-refractivity contribution in [3.63, 3.8) is 0 Å². The fourth-order valence-electron chi connectivity index (χ4n) is 5.25. The van der Waals surface area contributed by atoms with Crippen LogP contribution in [0.25, 0.3) is 11.1 Å². The molecule has 2 amide bonds. The molecule has 1 fully saturated rings. The standard InChI is InChI=1S/C27H32N2O6/c30-24(26(32)33)13-14-28-25(31)18-8-2-1-7-17(18)15-29-27(34)35-16-23-21-11-5-3-9-19(21)20-10-4-6-12-22(20)23/h3-6,9-12,17-18,23-24,30H,1-2,7-8,13-16H2,(H,28,31)(H,29,34)(H,32,33)/t17-,18-,24?/m0/s1. The van der Waals surface area contributed by atoms with Gasteiger partial charge in [0.05, 0.1) is 0 Å². The SMILES string of the molecule is O=C(NC[C@@H]1CCCC[C@@H]1C(=O)NCCC(O)C(=O)O)OCC1c2ccccc2-c2ccccc21. The third kappa shape index (κ3) is 5.82. The molecule has 35 heavy (non-hydrogen) atoms. The summed E-state index contributed by atoms with van der Waals surface area (Å²) in [5, 5.41) is 23.7. The third-order valence-corrected chi connectivity index (χ3v) is 7.10. The molecule has 0 aliphatic heterocycles. The summed E-state index contributed by atoms with van der Waals surface area (Å²) in [5.41, 5.74) is 4.64. The van der Waals surface area contributed by atoms with E-state index in [0.29, 0.717) is 13.0 Å². The number of ether oxygens (including phenoxy) is 1. The lowest BCUT2D eigenvalue weighted by molar-refractivity contribution is -0.147. The second-order valence-electron chi connectivity index (χ2n) is 9.29. The highest BCUT2D eigenvalue weighted by molar-refractivity contribution is 5.80. The van der Waals surface area contributed by atoms with Gasteiger partial charge in [0.25, 0.3) is 0 Å². The van der Waals surface area contributed by atoms with Crippen LogP contribution in [0.3, 0.4) is 0 Å². The number of carboxylic acids is 1. The Bertz CT molecular complexity index is 1030. The number of rotatable bonds is 9. The molecule has 0 saturated heterocycles. The van der Waals surface area contributed by atoms with Crippen LogP contribution < -0.4 is 10.6 Å². The highest BCUT2D eigenvalue weighted by Crippen LogP contribution is 2.44. The molecule has 1 saturated carbocycles. The molecule has 0 heterocycles. The van der Waals surface area contributed by atoms with Crippen molar-refractivity contribution in [2.75, 3.05) is 19.7 Å². The molecule has 0 bridgehead atoms. The third-order valence-electron chi connectivity index (χ3n) is 7.10. The number of carbonyl (C=O) groups is 3. The van der Waals surface area contributed by atoms with Gasteiger partial charge in [0.15, 0.2) is 6.10 Å². The lowest BCUT2D eigenvalue weighted by Crippen LogP contribution is -2.42. The van der Waals surface area contributed by atoms with Gasteiger partial charge in [-0.3, -0.25) is 4.79 Å². The molecule has 2 aromatic carbocycles. The molecule has 0 aromatic heterocycles. The molecule has 2 aliphatic rings. The number of alkyl carbamates (subject to hydrolysis) is 1. The minimum absolute atomic E-state index is 0.0116. The number of benzene rings is 2. The molecule has 186 valence electrons. The smallest absolute Gasteiger partial charge is 0.407 e. The number of hydrogen-bond donors (Lipinski definition) is 4. The number of nitrogens with one attached hydrogen (secondary N) is 2. The van der Waals surface area contributed by atoms with Gasteiger partial charge in [-0.05, 0) is 41.0 Å². The van der Waals surface area contributed by atoms with Crippen LogP contribution in [0, 0.1) is 11.8 Å². The number of aliphatic hydroxyl groups excluding tert-OH is 1. The van der Waals surface area contributed by atoms with Crippen LogP contribution in [0.15, 0.2) is 48.5 Å². The minimum Gasteiger partial charge on any atom is -0.479 e. The summed E-state index contributed by atoms with van der Waals surface area (Å²) >= 11 is 0. The zero-order valence-electron chi connectivity index (χ0n) is 19.6. The lowest BCUT2D eigenvalue weighted by atomic mass is 9.78. The first-order chi connectivity index (χ1) is 17.0. The van der Waals surface area contributed by atoms with Crippen molar-refractivity contribution in [2.24, 2.45) is 11.8 Å². The second kappa shape index (κ2) is 11.4. The maximum Gasteiger partial charge on any atom is 0.407 e. The summed E-state index contributed by atoms with van der Waals surface area (Å²) in [6.07, 6.45) is 1.41. The number of hydrogen-bond acceptors (Lipinski definition) is 5. The zero-order valence-corrected chi connectivity index (χ0v) is 19.6. The fourth-order valence-corrected chi connectivity index (χ4v) is 5.25. The molecule has 8 heteroatoms. The van der Waals surface area contributed by atoms with Gasteiger partial charge in [-0.2, -0.15) is 0 Å². The van der Waals surface area contributed by atoms with Gasteiger partial charge < -0.3 is 25.6 Å². The van der Waals surface area contributed by atoms with E-state index in [1.807, 2.05) is 24.3 Å². The van der Waals surface area contributed by atoms with Crippen LogP contribution in [0.1, 0.15) is 49.1 Å². The number of carboxylic acid groups (broad SMARTS) is 1. The van der Waals surface area contributed by atoms with Gasteiger partial charge in [-0.25, -0.2) is 9.59 Å². The Morgan fingerprint density at radius 2 is 1.57 bits per heavy atom. The van der Waals surface area contributed by atoms with E-state index >= 15 is 0 Å². The van der Waals surface area contributed by atoms with Crippen molar-refractivity contribution in [1.82, 2.24) is 10.6 Å². The molecule has 4 rings (SSSR count). The van der Waals surface area contributed by atoms with E-state index in [0.717, 1.165) is 30.4 Å². The molecule has 0 radical (unpaired) electrons. The first-order valence-corrected chi connectivity index (χ1v) is 12.2. The van der Waals surface area contributed by atoms with E-state index in [2.05, 4.69) is 34.9 Å². The van der Waals surface area contributed by atoms with Crippen LogP contribution in [0.4, 0.5) is 4.79 Å². The van der Waals surface area contributed by atoms with Gasteiger partial charge in [-0.1, -0.05) is 61.4 Å². The second-order valence-corrected chi connectivity index (χ2v) is 9.29. The Morgan fingerprint density at radius 3 is 2.23 bits per heavy atom. The van der Waals surface area contributed by atoms with Gasteiger partial charge >= 0.3 is 12.1 Å². The molecule has 3 atom stereocenters. The van der Waals surface area contributed by atoms with Gasteiger partial charge in [0.2, 0.25) is 5.91 Å². The zero-order chi connectivity index (χ0) is 24.8. The fraction of sp³-hybridized carbons (Fsp3) is 0.444. The Morgan fingerprint density at radius 1 is 0.943 bits per heavy atom. The number of aliphatic carboxylic acids is 1. The van der Waals surface area contributed by atoms with E-state index in [4.69, 9.17) is 9.84 Å². The van der Waals surface area contributed by atoms with Crippen molar-refractivity contribution in [1.29, 1.82) is 0 Å². The molecule has 8 nitrogen and oxygen atoms in total. The summed E-state index contributed by atoms with van der Waals surface area (Å²) < 4.78 is 5.61. The Kier molecular flexibility index (Phi) is 8.02. The number of aliphatic hydroxyl groups is 1. The van der Waals surface area contributed by atoms with Crippen molar-refractivity contribution in [3.8, 4) is 11.1 Å². The van der Waals surface area contributed by atoms with E-state index in [1.165, 1.54) is 11.1 Å². The first kappa shape index (κ1) is 24.7. The van der Waals surface area contributed by atoms with Gasteiger partial charge in [-0.15, -0.1) is 0 Å².